The van der Waals surface area contributed by atoms with Crippen molar-refractivity contribution >= 4 is 5.97 Å². The monoisotopic (exact) mass is 277 g/mol. The first-order valence-electron chi connectivity index (χ1n) is 7.09. The van der Waals surface area contributed by atoms with E-state index in [1.165, 1.54) is 5.56 Å². The van der Waals surface area contributed by atoms with Crippen molar-refractivity contribution in [2.45, 2.75) is 32.9 Å². The normalized spacial score (nSPS) is 23.8. The van der Waals surface area contributed by atoms with E-state index in [1.807, 2.05) is 13.0 Å². The number of hydrogen-bond acceptors (Lipinski definition) is 3. The summed E-state index contributed by atoms with van der Waals surface area (Å²) in [7, 11) is 1.78. The average molecular weight is 277 g/mol. The van der Waals surface area contributed by atoms with Gasteiger partial charge in [-0.25, -0.2) is 4.79 Å². The average Bonchev–Trinajstić information content (AvgIpc) is 2.42. The van der Waals surface area contributed by atoms with Gasteiger partial charge < -0.3 is 9.84 Å². The molecule has 0 bridgehead atoms. The first-order chi connectivity index (χ1) is 9.51. The Morgan fingerprint density at radius 3 is 2.85 bits per heavy atom. The van der Waals surface area contributed by atoms with Crippen molar-refractivity contribution in [1.82, 2.24) is 4.90 Å². The molecule has 110 valence electrons. The lowest BCUT2D eigenvalue weighted by molar-refractivity contribution is -0.00749. The number of ether oxygens (including phenoxy) is 1. The minimum Gasteiger partial charge on any atom is -0.478 e. The predicted octanol–water partition coefficient (Wildman–Crippen LogP) is 2.55. The van der Waals surface area contributed by atoms with E-state index in [4.69, 9.17) is 9.84 Å². The van der Waals surface area contributed by atoms with Crippen LogP contribution in [-0.4, -0.2) is 42.3 Å². The van der Waals surface area contributed by atoms with E-state index in [2.05, 4.69) is 11.8 Å². The SMILES string of the molecule is COC1CN(Cc2ccc(C(=O)O)cc2C)CCC1C. The molecule has 1 heterocycles. The maximum absolute atomic E-state index is 10.9. The third-order valence-corrected chi connectivity index (χ3v) is 4.26. The highest BCUT2D eigenvalue weighted by Gasteiger charge is 2.26. The van der Waals surface area contributed by atoms with E-state index >= 15 is 0 Å². The lowest BCUT2D eigenvalue weighted by Gasteiger charge is -2.36. The van der Waals surface area contributed by atoms with Crippen molar-refractivity contribution in [2.24, 2.45) is 5.92 Å². The Kier molecular flexibility index (Phi) is 4.78. The molecule has 4 nitrogen and oxygen atoms in total. The Morgan fingerprint density at radius 1 is 1.50 bits per heavy atom. The van der Waals surface area contributed by atoms with Gasteiger partial charge in [-0.1, -0.05) is 13.0 Å². The van der Waals surface area contributed by atoms with Crippen molar-refractivity contribution in [3.63, 3.8) is 0 Å². The molecule has 1 aromatic rings. The van der Waals surface area contributed by atoms with Gasteiger partial charge in [0.2, 0.25) is 0 Å². The molecule has 2 atom stereocenters. The zero-order valence-corrected chi connectivity index (χ0v) is 12.4. The van der Waals surface area contributed by atoms with Crippen molar-refractivity contribution in [2.75, 3.05) is 20.2 Å². The Balaban J connectivity index is 2.05. The molecule has 1 fully saturated rings. The maximum atomic E-state index is 10.9. The highest BCUT2D eigenvalue weighted by molar-refractivity contribution is 5.87. The number of carbonyl (C=O) groups is 1. The van der Waals surface area contributed by atoms with Crippen LogP contribution in [0.4, 0.5) is 0 Å². The van der Waals surface area contributed by atoms with E-state index in [0.29, 0.717) is 17.6 Å². The van der Waals surface area contributed by atoms with Gasteiger partial charge >= 0.3 is 5.97 Å². The summed E-state index contributed by atoms with van der Waals surface area (Å²) in [6.07, 6.45) is 1.44. The van der Waals surface area contributed by atoms with Gasteiger partial charge in [-0.05, 0) is 49.1 Å². The fraction of sp³-hybridized carbons (Fsp3) is 0.562. The van der Waals surface area contributed by atoms with Gasteiger partial charge in [-0.3, -0.25) is 4.90 Å². The van der Waals surface area contributed by atoms with E-state index in [-0.39, 0.29) is 0 Å². The molecule has 0 spiro atoms. The van der Waals surface area contributed by atoms with Crippen LogP contribution < -0.4 is 0 Å². The summed E-state index contributed by atoms with van der Waals surface area (Å²) >= 11 is 0. The van der Waals surface area contributed by atoms with Gasteiger partial charge in [-0.15, -0.1) is 0 Å². The van der Waals surface area contributed by atoms with Crippen molar-refractivity contribution < 1.29 is 14.6 Å². The predicted molar refractivity (Wildman–Crippen MR) is 78.0 cm³/mol. The number of likely N-dealkylation sites (tertiary alicyclic amines) is 1. The van der Waals surface area contributed by atoms with Gasteiger partial charge in [0.25, 0.3) is 0 Å². The highest BCUT2D eigenvalue weighted by atomic mass is 16.5. The number of nitrogens with zero attached hydrogens (tertiary/aromatic N) is 1. The van der Waals surface area contributed by atoms with Crippen LogP contribution in [-0.2, 0) is 11.3 Å². The van der Waals surface area contributed by atoms with Gasteiger partial charge in [0.05, 0.1) is 11.7 Å². The van der Waals surface area contributed by atoms with E-state index in [1.54, 1.807) is 19.2 Å². The van der Waals surface area contributed by atoms with Gasteiger partial charge in [0, 0.05) is 20.2 Å². The first kappa shape index (κ1) is 15.0. The molecule has 1 saturated heterocycles. The number of carboxylic acid groups (broad SMARTS) is 1. The number of hydrogen-bond donors (Lipinski definition) is 1. The van der Waals surface area contributed by atoms with Crippen molar-refractivity contribution in [3.05, 3.63) is 34.9 Å². The number of rotatable bonds is 4. The molecule has 20 heavy (non-hydrogen) atoms. The molecule has 0 amide bonds. The first-order valence-corrected chi connectivity index (χ1v) is 7.09. The van der Waals surface area contributed by atoms with Crippen LogP contribution in [0.15, 0.2) is 18.2 Å². The molecule has 0 aliphatic carbocycles. The molecule has 1 aromatic carbocycles. The van der Waals surface area contributed by atoms with Gasteiger partial charge in [0.1, 0.15) is 0 Å². The van der Waals surface area contributed by atoms with Crippen LogP contribution in [0.3, 0.4) is 0 Å². The zero-order chi connectivity index (χ0) is 14.7. The second-order valence-electron chi connectivity index (χ2n) is 5.72. The van der Waals surface area contributed by atoms with E-state index in [0.717, 1.165) is 31.6 Å². The molecule has 4 heteroatoms. The molecular weight excluding hydrogens is 254 g/mol. The fourth-order valence-electron chi connectivity index (χ4n) is 2.80. The topological polar surface area (TPSA) is 49.8 Å². The number of methoxy groups -OCH3 is 1. The minimum atomic E-state index is -0.870. The van der Waals surface area contributed by atoms with Crippen LogP contribution in [0, 0.1) is 12.8 Å². The van der Waals surface area contributed by atoms with E-state index in [9.17, 15) is 4.79 Å². The summed E-state index contributed by atoms with van der Waals surface area (Å²) in [5.41, 5.74) is 2.59. The summed E-state index contributed by atoms with van der Waals surface area (Å²) < 4.78 is 5.53. The second-order valence-corrected chi connectivity index (χ2v) is 5.72. The summed E-state index contributed by atoms with van der Waals surface area (Å²) in [4.78, 5) is 13.3. The standard InChI is InChI=1S/C16H23NO3/c1-11-6-7-17(10-15(11)20-3)9-14-5-4-13(16(18)19)8-12(14)2/h4-5,8,11,15H,6-7,9-10H2,1-3H3,(H,18,19). The van der Waals surface area contributed by atoms with Crippen LogP contribution in [0.2, 0.25) is 0 Å². The van der Waals surface area contributed by atoms with Crippen LogP contribution >= 0.6 is 0 Å². The zero-order valence-electron chi connectivity index (χ0n) is 12.4. The Labute approximate surface area is 120 Å². The summed E-state index contributed by atoms with van der Waals surface area (Å²) in [5, 5.41) is 8.99. The molecule has 1 N–H and O–H groups in total. The third-order valence-electron chi connectivity index (χ3n) is 4.26. The van der Waals surface area contributed by atoms with Crippen molar-refractivity contribution in [3.8, 4) is 0 Å². The Morgan fingerprint density at radius 2 is 2.25 bits per heavy atom. The quantitative estimate of drug-likeness (QED) is 0.919. The lowest BCUT2D eigenvalue weighted by Crippen LogP contribution is -2.43. The maximum Gasteiger partial charge on any atom is 0.335 e. The molecule has 0 saturated carbocycles. The molecule has 1 aliphatic rings. The van der Waals surface area contributed by atoms with Crippen molar-refractivity contribution in [1.29, 1.82) is 0 Å². The second kappa shape index (κ2) is 6.37. The largest absolute Gasteiger partial charge is 0.478 e. The number of piperidine rings is 1. The molecule has 2 rings (SSSR count). The summed E-state index contributed by atoms with van der Waals surface area (Å²) in [6.45, 7) is 7.08. The third kappa shape index (κ3) is 3.38. The van der Waals surface area contributed by atoms with Crippen LogP contribution in [0.25, 0.3) is 0 Å². The van der Waals surface area contributed by atoms with Gasteiger partial charge in [-0.2, -0.15) is 0 Å². The van der Waals surface area contributed by atoms with E-state index < -0.39 is 5.97 Å². The molecule has 1 aliphatic heterocycles. The molecule has 2 unspecified atom stereocenters. The minimum absolute atomic E-state index is 0.294. The molecule has 0 aromatic heterocycles. The number of carboxylic acids is 1. The smallest absolute Gasteiger partial charge is 0.335 e. The summed E-state index contributed by atoms with van der Waals surface area (Å²) in [5.74, 6) is -0.266. The Hall–Kier alpha value is -1.39. The van der Waals surface area contributed by atoms with Gasteiger partial charge in [0.15, 0.2) is 0 Å². The summed E-state index contributed by atoms with van der Waals surface area (Å²) in [6, 6.07) is 5.36. The molecular formula is C16H23NO3. The highest BCUT2D eigenvalue weighted by Crippen LogP contribution is 2.22. The number of benzene rings is 1. The van der Waals surface area contributed by atoms with Crippen LogP contribution in [0.1, 0.15) is 34.8 Å². The lowest BCUT2D eigenvalue weighted by atomic mass is 9.95. The Bertz CT molecular complexity index is 487. The molecule has 0 radical (unpaired) electrons. The number of aromatic carboxylic acids is 1. The number of aryl methyl sites for hydroxylation is 1. The van der Waals surface area contributed by atoms with Crippen LogP contribution in [0.5, 0.6) is 0 Å². The fourth-order valence-corrected chi connectivity index (χ4v) is 2.80.